The summed E-state index contributed by atoms with van der Waals surface area (Å²) in [5.41, 5.74) is 5.12. The minimum absolute atomic E-state index is 0.345. The molecule has 2 aromatic rings. The summed E-state index contributed by atoms with van der Waals surface area (Å²) < 4.78 is 9.71. The standard InChI is InChI=1S/C20H22O4/c1-13-5-9-17(19(21)23-3)15(11-13)7-8-16-12-14(2)6-10-18(16)20(22)24-4/h5-6,9-12H,7-8H2,1-4H3. The van der Waals surface area contributed by atoms with Gasteiger partial charge in [-0.25, -0.2) is 9.59 Å². The minimum Gasteiger partial charge on any atom is -0.465 e. The molecule has 126 valence electrons. The van der Waals surface area contributed by atoms with Gasteiger partial charge in [-0.15, -0.1) is 0 Å². The maximum atomic E-state index is 11.9. The second-order valence-corrected chi connectivity index (χ2v) is 5.80. The Balaban J connectivity index is 2.32. The van der Waals surface area contributed by atoms with Crippen LogP contribution in [0.25, 0.3) is 0 Å². The van der Waals surface area contributed by atoms with E-state index in [1.54, 1.807) is 12.1 Å². The first kappa shape index (κ1) is 17.7. The normalized spacial score (nSPS) is 10.3. The molecule has 0 radical (unpaired) electrons. The summed E-state index contributed by atoms with van der Waals surface area (Å²) in [5.74, 6) is -0.690. The van der Waals surface area contributed by atoms with Gasteiger partial charge < -0.3 is 9.47 Å². The van der Waals surface area contributed by atoms with Gasteiger partial charge in [0.1, 0.15) is 0 Å². The quantitative estimate of drug-likeness (QED) is 0.787. The summed E-state index contributed by atoms with van der Waals surface area (Å²) in [7, 11) is 2.75. The van der Waals surface area contributed by atoms with Crippen LogP contribution in [0.3, 0.4) is 0 Å². The van der Waals surface area contributed by atoms with E-state index in [0.29, 0.717) is 24.0 Å². The molecule has 2 rings (SSSR count). The number of methoxy groups -OCH3 is 2. The zero-order valence-electron chi connectivity index (χ0n) is 14.5. The van der Waals surface area contributed by atoms with E-state index in [1.165, 1.54) is 14.2 Å². The van der Waals surface area contributed by atoms with Gasteiger partial charge in [0.2, 0.25) is 0 Å². The molecule has 0 spiro atoms. The van der Waals surface area contributed by atoms with Crippen molar-refractivity contribution >= 4 is 11.9 Å². The molecular weight excluding hydrogens is 304 g/mol. The van der Waals surface area contributed by atoms with Crippen LogP contribution >= 0.6 is 0 Å². The zero-order chi connectivity index (χ0) is 17.7. The van der Waals surface area contributed by atoms with Crippen molar-refractivity contribution in [2.45, 2.75) is 26.7 Å². The SMILES string of the molecule is COC(=O)c1ccc(C)cc1CCc1cc(C)ccc1C(=O)OC. The van der Waals surface area contributed by atoms with Crippen LogP contribution in [0.4, 0.5) is 0 Å². The van der Waals surface area contributed by atoms with Crippen LogP contribution < -0.4 is 0 Å². The van der Waals surface area contributed by atoms with E-state index in [1.807, 2.05) is 38.1 Å². The molecule has 0 unspecified atom stereocenters. The van der Waals surface area contributed by atoms with Crippen molar-refractivity contribution in [1.82, 2.24) is 0 Å². The Kier molecular flexibility index (Phi) is 5.74. The van der Waals surface area contributed by atoms with Crippen molar-refractivity contribution in [2.75, 3.05) is 14.2 Å². The number of carbonyl (C=O) groups is 2. The van der Waals surface area contributed by atoms with Crippen LogP contribution in [0.2, 0.25) is 0 Å². The van der Waals surface area contributed by atoms with E-state index in [-0.39, 0.29) is 11.9 Å². The highest BCUT2D eigenvalue weighted by Crippen LogP contribution is 2.19. The number of hydrogen-bond donors (Lipinski definition) is 0. The highest BCUT2D eigenvalue weighted by Gasteiger charge is 2.15. The van der Waals surface area contributed by atoms with Gasteiger partial charge in [0.25, 0.3) is 0 Å². The average molecular weight is 326 g/mol. The van der Waals surface area contributed by atoms with Crippen LogP contribution in [0, 0.1) is 13.8 Å². The van der Waals surface area contributed by atoms with Gasteiger partial charge in [-0.3, -0.25) is 0 Å². The minimum atomic E-state index is -0.345. The van der Waals surface area contributed by atoms with Crippen LogP contribution in [-0.4, -0.2) is 26.2 Å². The van der Waals surface area contributed by atoms with E-state index in [0.717, 1.165) is 22.3 Å². The topological polar surface area (TPSA) is 52.6 Å². The largest absolute Gasteiger partial charge is 0.465 e. The van der Waals surface area contributed by atoms with Gasteiger partial charge in [0.05, 0.1) is 25.3 Å². The number of hydrogen-bond acceptors (Lipinski definition) is 4. The molecule has 0 aromatic heterocycles. The van der Waals surface area contributed by atoms with E-state index in [2.05, 4.69) is 0 Å². The lowest BCUT2D eigenvalue weighted by atomic mass is 9.95. The molecule has 0 heterocycles. The van der Waals surface area contributed by atoms with Crippen LogP contribution in [0.5, 0.6) is 0 Å². The lowest BCUT2D eigenvalue weighted by molar-refractivity contribution is 0.0589. The molecule has 0 aliphatic heterocycles. The lowest BCUT2D eigenvalue weighted by Gasteiger charge is -2.12. The van der Waals surface area contributed by atoms with Gasteiger partial charge in [-0.2, -0.15) is 0 Å². The Morgan fingerprint density at radius 3 is 1.46 bits per heavy atom. The molecule has 4 heteroatoms. The summed E-state index contributed by atoms with van der Waals surface area (Å²) in [6, 6.07) is 11.3. The number of aryl methyl sites for hydroxylation is 4. The molecule has 0 aliphatic carbocycles. The van der Waals surface area contributed by atoms with Gasteiger partial charge >= 0.3 is 11.9 Å². The Morgan fingerprint density at radius 1 is 0.750 bits per heavy atom. The molecule has 0 fully saturated rings. The number of carbonyl (C=O) groups excluding carboxylic acids is 2. The Morgan fingerprint density at radius 2 is 1.12 bits per heavy atom. The zero-order valence-corrected chi connectivity index (χ0v) is 14.5. The molecule has 0 aliphatic rings. The number of rotatable bonds is 5. The Labute approximate surface area is 142 Å². The highest BCUT2D eigenvalue weighted by atomic mass is 16.5. The first-order chi connectivity index (χ1) is 11.5. The van der Waals surface area contributed by atoms with Crippen molar-refractivity contribution in [1.29, 1.82) is 0 Å². The van der Waals surface area contributed by atoms with Gasteiger partial charge in [0, 0.05) is 0 Å². The fourth-order valence-electron chi connectivity index (χ4n) is 2.75. The van der Waals surface area contributed by atoms with Gasteiger partial charge in [0.15, 0.2) is 0 Å². The van der Waals surface area contributed by atoms with Gasteiger partial charge in [-0.1, -0.05) is 35.4 Å². The molecule has 2 aromatic carbocycles. The maximum absolute atomic E-state index is 11.9. The molecule has 0 amide bonds. The first-order valence-electron chi connectivity index (χ1n) is 7.82. The molecule has 0 saturated heterocycles. The molecular formula is C20H22O4. The second kappa shape index (κ2) is 7.77. The van der Waals surface area contributed by atoms with Gasteiger partial charge in [-0.05, 0) is 49.9 Å². The predicted octanol–water partition coefficient (Wildman–Crippen LogP) is 3.66. The van der Waals surface area contributed by atoms with Crippen molar-refractivity contribution in [2.24, 2.45) is 0 Å². The molecule has 0 bridgehead atoms. The molecule has 4 nitrogen and oxygen atoms in total. The lowest BCUT2D eigenvalue weighted by Crippen LogP contribution is -2.10. The fourth-order valence-corrected chi connectivity index (χ4v) is 2.75. The van der Waals surface area contributed by atoms with Crippen molar-refractivity contribution in [3.05, 3.63) is 69.8 Å². The van der Waals surface area contributed by atoms with E-state index >= 15 is 0 Å². The molecule has 0 N–H and O–H groups in total. The molecule has 0 atom stereocenters. The summed E-state index contributed by atoms with van der Waals surface area (Å²) >= 11 is 0. The number of ether oxygens (including phenoxy) is 2. The summed E-state index contributed by atoms with van der Waals surface area (Å²) in [5, 5.41) is 0. The Bertz CT molecular complexity index is 697. The predicted molar refractivity (Wildman–Crippen MR) is 92.4 cm³/mol. The fraction of sp³-hybridized carbons (Fsp3) is 0.300. The average Bonchev–Trinajstić information content (AvgIpc) is 2.58. The third-order valence-corrected chi connectivity index (χ3v) is 4.00. The third kappa shape index (κ3) is 4.02. The summed E-state index contributed by atoms with van der Waals surface area (Å²) in [4.78, 5) is 23.9. The first-order valence-corrected chi connectivity index (χ1v) is 7.82. The van der Waals surface area contributed by atoms with Crippen LogP contribution in [-0.2, 0) is 22.3 Å². The number of benzene rings is 2. The van der Waals surface area contributed by atoms with Crippen molar-refractivity contribution < 1.29 is 19.1 Å². The number of esters is 2. The monoisotopic (exact) mass is 326 g/mol. The van der Waals surface area contributed by atoms with Crippen LogP contribution in [0.1, 0.15) is 43.0 Å². The Hall–Kier alpha value is -2.62. The summed E-state index contributed by atoms with van der Waals surface area (Å²) in [6.07, 6.45) is 1.28. The molecule has 24 heavy (non-hydrogen) atoms. The molecule has 0 saturated carbocycles. The third-order valence-electron chi connectivity index (χ3n) is 4.00. The van der Waals surface area contributed by atoms with E-state index < -0.39 is 0 Å². The van der Waals surface area contributed by atoms with E-state index in [9.17, 15) is 9.59 Å². The summed E-state index contributed by atoms with van der Waals surface area (Å²) in [6.45, 7) is 3.97. The maximum Gasteiger partial charge on any atom is 0.338 e. The smallest absolute Gasteiger partial charge is 0.338 e. The highest BCUT2D eigenvalue weighted by molar-refractivity contribution is 5.92. The van der Waals surface area contributed by atoms with Crippen molar-refractivity contribution in [3.8, 4) is 0 Å². The van der Waals surface area contributed by atoms with E-state index in [4.69, 9.17) is 9.47 Å². The van der Waals surface area contributed by atoms with Crippen LogP contribution in [0.15, 0.2) is 36.4 Å². The van der Waals surface area contributed by atoms with Crippen molar-refractivity contribution in [3.63, 3.8) is 0 Å². The second-order valence-electron chi connectivity index (χ2n) is 5.80.